The molecule has 0 saturated carbocycles. The quantitative estimate of drug-likeness (QED) is 0.635. The lowest BCUT2D eigenvalue weighted by Gasteiger charge is -2.29. The van der Waals surface area contributed by atoms with Gasteiger partial charge in [-0.2, -0.15) is 0 Å². The number of benzene rings is 2. The number of rotatable bonds is 10. The maximum atomic E-state index is 13.1. The minimum absolute atomic E-state index is 0.0301. The molecule has 0 aliphatic heterocycles. The monoisotopic (exact) mass is 410 g/mol. The number of hydrogen-bond donors (Lipinski definition) is 1. The Hall–Kier alpha value is -2.82. The first kappa shape index (κ1) is 23.5. The summed E-state index contributed by atoms with van der Waals surface area (Å²) in [6, 6.07) is 15.5. The highest BCUT2D eigenvalue weighted by molar-refractivity contribution is 5.87. The number of amides is 2. The average Bonchev–Trinajstić information content (AvgIpc) is 2.76. The van der Waals surface area contributed by atoms with E-state index in [1.165, 1.54) is 5.56 Å². The van der Waals surface area contributed by atoms with Crippen LogP contribution >= 0.6 is 0 Å². The molecule has 0 aliphatic rings. The fourth-order valence-corrected chi connectivity index (χ4v) is 3.30. The highest BCUT2D eigenvalue weighted by Gasteiger charge is 2.25. The Morgan fingerprint density at radius 2 is 1.57 bits per heavy atom. The molecule has 30 heavy (non-hydrogen) atoms. The molecular formula is C25H34N2O3. The maximum Gasteiger partial charge on any atom is 0.242 e. The SMILES string of the molecule is CCNC(=O)[C@@H](C)N(Cc1ccc(OC)cc1)C(=O)CCc1ccc(C(C)C)cc1. The zero-order valence-electron chi connectivity index (χ0n) is 18.8. The molecular weight excluding hydrogens is 376 g/mol. The first-order valence-electron chi connectivity index (χ1n) is 10.6. The molecule has 0 bridgehead atoms. The summed E-state index contributed by atoms with van der Waals surface area (Å²) in [6.45, 7) is 8.91. The van der Waals surface area contributed by atoms with Crippen LogP contribution < -0.4 is 10.1 Å². The second kappa shape index (κ2) is 11.4. The lowest BCUT2D eigenvalue weighted by atomic mass is 10.00. The van der Waals surface area contributed by atoms with E-state index in [9.17, 15) is 9.59 Å². The zero-order chi connectivity index (χ0) is 22.1. The van der Waals surface area contributed by atoms with E-state index in [0.29, 0.717) is 31.8 Å². The summed E-state index contributed by atoms with van der Waals surface area (Å²) in [7, 11) is 1.62. The van der Waals surface area contributed by atoms with Crippen molar-refractivity contribution in [1.29, 1.82) is 0 Å². The number of nitrogens with one attached hydrogen (secondary N) is 1. The van der Waals surface area contributed by atoms with Gasteiger partial charge >= 0.3 is 0 Å². The minimum Gasteiger partial charge on any atom is -0.497 e. The molecule has 2 aromatic carbocycles. The van der Waals surface area contributed by atoms with Gasteiger partial charge in [0.25, 0.3) is 0 Å². The smallest absolute Gasteiger partial charge is 0.242 e. The number of aryl methyl sites for hydroxylation is 1. The first-order chi connectivity index (χ1) is 14.3. The molecule has 0 aliphatic carbocycles. The number of carbonyl (C=O) groups is 2. The lowest BCUT2D eigenvalue weighted by molar-refractivity contribution is -0.140. The van der Waals surface area contributed by atoms with Gasteiger partial charge < -0.3 is 15.0 Å². The van der Waals surface area contributed by atoms with Crippen LogP contribution in [0.2, 0.25) is 0 Å². The van der Waals surface area contributed by atoms with Gasteiger partial charge in [-0.25, -0.2) is 0 Å². The lowest BCUT2D eigenvalue weighted by Crippen LogP contribution is -2.47. The van der Waals surface area contributed by atoms with Crippen molar-refractivity contribution >= 4 is 11.8 Å². The Morgan fingerprint density at radius 1 is 0.967 bits per heavy atom. The van der Waals surface area contributed by atoms with Crippen molar-refractivity contribution in [3.8, 4) is 5.75 Å². The van der Waals surface area contributed by atoms with Crippen molar-refractivity contribution in [3.05, 3.63) is 65.2 Å². The van der Waals surface area contributed by atoms with Crippen LogP contribution in [-0.4, -0.2) is 36.4 Å². The molecule has 0 unspecified atom stereocenters. The largest absolute Gasteiger partial charge is 0.497 e. The van der Waals surface area contributed by atoms with Crippen molar-refractivity contribution in [2.75, 3.05) is 13.7 Å². The second-order valence-corrected chi connectivity index (χ2v) is 7.84. The number of likely N-dealkylation sites (N-methyl/N-ethyl adjacent to an activating group) is 1. The third kappa shape index (κ3) is 6.61. The molecule has 0 radical (unpaired) electrons. The molecule has 0 aromatic heterocycles. The number of nitrogens with zero attached hydrogens (tertiary/aromatic N) is 1. The average molecular weight is 411 g/mol. The predicted octanol–water partition coefficient (Wildman–Crippen LogP) is 4.30. The van der Waals surface area contributed by atoms with Gasteiger partial charge in [0.15, 0.2) is 0 Å². The summed E-state index contributed by atoms with van der Waals surface area (Å²) in [5.41, 5.74) is 3.38. The summed E-state index contributed by atoms with van der Waals surface area (Å²) >= 11 is 0. The first-order valence-corrected chi connectivity index (χ1v) is 10.6. The molecule has 1 atom stereocenters. The summed E-state index contributed by atoms with van der Waals surface area (Å²) < 4.78 is 5.21. The van der Waals surface area contributed by atoms with Crippen LogP contribution in [0.5, 0.6) is 5.75 Å². The number of carbonyl (C=O) groups excluding carboxylic acids is 2. The standard InChI is InChI=1S/C25H34N2O3/c1-6-26-25(29)19(4)27(17-21-9-14-23(30-5)15-10-21)24(28)16-11-20-7-12-22(13-8-20)18(2)3/h7-10,12-15,18-19H,6,11,16-17H2,1-5H3,(H,26,29)/t19-/m1/s1. The van der Waals surface area contributed by atoms with Crippen LogP contribution in [0, 0.1) is 0 Å². The fraction of sp³-hybridized carbons (Fsp3) is 0.440. The number of methoxy groups -OCH3 is 1. The van der Waals surface area contributed by atoms with Crippen LogP contribution in [0.4, 0.5) is 0 Å². The normalized spacial score (nSPS) is 11.8. The van der Waals surface area contributed by atoms with E-state index < -0.39 is 6.04 Å². The second-order valence-electron chi connectivity index (χ2n) is 7.84. The van der Waals surface area contributed by atoms with Crippen LogP contribution in [0.1, 0.15) is 56.7 Å². The Morgan fingerprint density at radius 3 is 2.10 bits per heavy atom. The van der Waals surface area contributed by atoms with Gasteiger partial charge in [-0.1, -0.05) is 50.2 Å². The molecule has 1 N–H and O–H groups in total. The van der Waals surface area contributed by atoms with Gasteiger partial charge in [-0.15, -0.1) is 0 Å². The van der Waals surface area contributed by atoms with E-state index in [-0.39, 0.29) is 11.8 Å². The Kier molecular flexibility index (Phi) is 8.90. The highest BCUT2D eigenvalue weighted by atomic mass is 16.5. The Balaban J connectivity index is 2.10. The molecule has 5 heteroatoms. The zero-order valence-corrected chi connectivity index (χ0v) is 18.8. The minimum atomic E-state index is -0.539. The van der Waals surface area contributed by atoms with E-state index in [4.69, 9.17) is 4.74 Å². The number of hydrogen-bond acceptors (Lipinski definition) is 3. The molecule has 2 aromatic rings. The molecule has 2 rings (SSSR count). The van der Waals surface area contributed by atoms with Crippen LogP contribution in [0.15, 0.2) is 48.5 Å². The van der Waals surface area contributed by atoms with Gasteiger partial charge in [0.1, 0.15) is 11.8 Å². The fourth-order valence-electron chi connectivity index (χ4n) is 3.30. The van der Waals surface area contributed by atoms with E-state index in [2.05, 4.69) is 43.4 Å². The van der Waals surface area contributed by atoms with Crippen molar-refractivity contribution < 1.29 is 14.3 Å². The summed E-state index contributed by atoms with van der Waals surface area (Å²) in [4.78, 5) is 27.2. The van der Waals surface area contributed by atoms with Gasteiger partial charge in [0.2, 0.25) is 11.8 Å². The van der Waals surface area contributed by atoms with Crippen LogP contribution in [-0.2, 0) is 22.6 Å². The maximum absolute atomic E-state index is 13.1. The molecule has 2 amide bonds. The van der Waals surface area contributed by atoms with E-state index >= 15 is 0 Å². The molecule has 0 spiro atoms. The van der Waals surface area contributed by atoms with Gasteiger partial charge in [0.05, 0.1) is 7.11 Å². The van der Waals surface area contributed by atoms with Crippen LogP contribution in [0.3, 0.4) is 0 Å². The molecule has 0 heterocycles. The Bertz CT molecular complexity index is 813. The van der Waals surface area contributed by atoms with Crippen molar-refractivity contribution in [2.24, 2.45) is 0 Å². The van der Waals surface area contributed by atoms with E-state index in [0.717, 1.165) is 16.9 Å². The van der Waals surface area contributed by atoms with Crippen molar-refractivity contribution in [3.63, 3.8) is 0 Å². The topological polar surface area (TPSA) is 58.6 Å². The highest BCUT2D eigenvalue weighted by Crippen LogP contribution is 2.18. The molecule has 0 fully saturated rings. The van der Waals surface area contributed by atoms with E-state index in [1.807, 2.05) is 31.2 Å². The third-order valence-electron chi connectivity index (χ3n) is 5.30. The number of ether oxygens (including phenoxy) is 1. The van der Waals surface area contributed by atoms with Crippen molar-refractivity contribution in [1.82, 2.24) is 10.2 Å². The molecule has 0 saturated heterocycles. The van der Waals surface area contributed by atoms with Crippen LogP contribution in [0.25, 0.3) is 0 Å². The summed E-state index contributed by atoms with van der Waals surface area (Å²) in [6.07, 6.45) is 1.01. The summed E-state index contributed by atoms with van der Waals surface area (Å²) in [5.74, 6) is 1.08. The summed E-state index contributed by atoms with van der Waals surface area (Å²) in [5, 5.41) is 2.82. The van der Waals surface area contributed by atoms with Gasteiger partial charge in [-0.05, 0) is 55.0 Å². The van der Waals surface area contributed by atoms with Gasteiger partial charge in [-0.3, -0.25) is 9.59 Å². The third-order valence-corrected chi connectivity index (χ3v) is 5.30. The Labute approximate surface area is 180 Å². The van der Waals surface area contributed by atoms with E-state index in [1.54, 1.807) is 18.9 Å². The van der Waals surface area contributed by atoms with Crippen molar-refractivity contribution in [2.45, 2.75) is 59.0 Å². The predicted molar refractivity (Wildman–Crippen MR) is 121 cm³/mol. The van der Waals surface area contributed by atoms with Gasteiger partial charge in [0, 0.05) is 19.5 Å². The molecule has 162 valence electrons. The molecule has 5 nitrogen and oxygen atoms in total.